The van der Waals surface area contributed by atoms with Gasteiger partial charge in [-0.3, -0.25) is 4.57 Å². The van der Waals surface area contributed by atoms with Gasteiger partial charge in [0, 0.05) is 12.6 Å². The highest BCUT2D eigenvalue weighted by atomic mass is 32.2. The average Bonchev–Trinajstić information content (AvgIpc) is 3.32. The van der Waals surface area contributed by atoms with Gasteiger partial charge >= 0.3 is 0 Å². The van der Waals surface area contributed by atoms with Gasteiger partial charge in [0.05, 0.1) is 41.7 Å². The number of ether oxygens (including phenoxy) is 1. The zero-order chi connectivity index (χ0) is 21.6. The minimum atomic E-state index is -3.28. The molecule has 5 rings (SSSR count). The van der Waals surface area contributed by atoms with Crippen LogP contribution in [0.3, 0.4) is 0 Å². The van der Waals surface area contributed by atoms with Gasteiger partial charge in [-0.1, -0.05) is 12.1 Å². The van der Waals surface area contributed by atoms with Crippen molar-refractivity contribution in [3.63, 3.8) is 0 Å². The molecule has 2 saturated heterocycles. The molecule has 0 radical (unpaired) electrons. The molecule has 4 heterocycles. The van der Waals surface area contributed by atoms with Crippen LogP contribution in [0.1, 0.15) is 36.5 Å². The first-order valence-electron chi connectivity index (χ1n) is 10.5. The van der Waals surface area contributed by atoms with Gasteiger partial charge in [-0.2, -0.15) is 4.98 Å². The maximum atomic E-state index is 13.9. The zero-order valence-corrected chi connectivity index (χ0v) is 18.1. The van der Waals surface area contributed by atoms with Crippen LogP contribution in [0.4, 0.5) is 10.2 Å². The van der Waals surface area contributed by atoms with E-state index in [1.165, 1.54) is 0 Å². The Labute approximate surface area is 180 Å². The van der Waals surface area contributed by atoms with E-state index in [9.17, 15) is 12.8 Å². The predicted molar refractivity (Wildman–Crippen MR) is 115 cm³/mol. The third-order valence-corrected chi connectivity index (χ3v) is 8.19. The molecule has 8 nitrogen and oxygen atoms in total. The summed E-state index contributed by atoms with van der Waals surface area (Å²) < 4.78 is 46.4. The van der Waals surface area contributed by atoms with Gasteiger partial charge in [0.25, 0.3) is 0 Å². The van der Waals surface area contributed by atoms with Crippen molar-refractivity contribution in [2.24, 2.45) is 0 Å². The number of aromatic nitrogens is 4. The maximum absolute atomic E-state index is 13.9. The zero-order valence-electron chi connectivity index (χ0n) is 17.2. The fourth-order valence-corrected chi connectivity index (χ4v) is 6.30. The minimum absolute atomic E-state index is 0.0738. The fraction of sp³-hybridized carbons (Fsp3) is 0.476. The summed E-state index contributed by atoms with van der Waals surface area (Å²) in [5, 5.41) is -0.673. The number of benzene rings is 1. The second-order valence-corrected chi connectivity index (χ2v) is 10.4. The third-order valence-electron chi connectivity index (χ3n) is 5.99. The second-order valence-electron chi connectivity index (χ2n) is 8.05. The first-order chi connectivity index (χ1) is 15.0. The monoisotopic (exact) mass is 445 g/mol. The molecule has 0 amide bonds. The number of sulfone groups is 1. The summed E-state index contributed by atoms with van der Waals surface area (Å²) in [6, 6.07) is 9.17. The first kappa shape index (κ1) is 20.3. The Hall–Kier alpha value is -2.59. The molecule has 2 aliphatic rings. The van der Waals surface area contributed by atoms with E-state index >= 15 is 0 Å². The molecule has 0 aliphatic carbocycles. The van der Waals surface area contributed by atoms with Crippen LogP contribution in [0.25, 0.3) is 17.0 Å². The molecule has 2 aliphatic heterocycles. The number of imidazole rings is 1. The molecule has 0 bridgehead atoms. The molecule has 1 aromatic carbocycles. The smallest absolute Gasteiger partial charge is 0.237 e. The van der Waals surface area contributed by atoms with Crippen LogP contribution in [0.15, 0.2) is 30.3 Å². The number of morpholine rings is 1. The summed E-state index contributed by atoms with van der Waals surface area (Å²) in [5.41, 5.74) is 1.78. The van der Waals surface area contributed by atoms with Crippen LogP contribution in [0.5, 0.6) is 0 Å². The van der Waals surface area contributed by atoms with Crippen molar-refractivity contribution in [2.75, 3.05) is 30.4 Å². The van der Waals surface area contributed by atoms with E-state index < -0.39 is 21.8 Å². The molecule has 10 heteroatoms. The highest BCUT2D eigenvalue weighted by molar-refractivity contribution is 7.91. The van der Waals surface area contributed by atoms with Crippen LogP contribution in [-0.2, 0) is 21.2 Å². The number of hydrogen-bond donors (Lipinski definition) is 0. The molecule has 0 spiro atoms. The molecule has 0 N–H and O–H groups in total. The molecular formula is C21H24FN5O3S. The lowest BCUT2D eigenvalue weighted by molar-refractivity contribution is 0.0985. The number of nitrogens with zero attached hydrogens (tertiary/aromatic N) is 5. The van der Waals surface area contributed by atoms with Crippen LogP contribution < -0.4 is 4.90 Å². The molecular weight excluding hydrogens is 421 g/mol. The quantitative estimate of drug-likeness (QED) is 0.610. The SMILES string of the molecule is C[C@@H]1COCCN1c1cc(C2CCCS2(=O)=O)nc(-n2c(CF)nc3ccccc32)n1. The van der Waals surface area contributed by atoms with Gasteiger partial charge < -0.3 is 9.64 Å². The number of anilines is 1. The molecule has 2 aromatic heterocycles. The van der Waals surface area contributed by atoms with Crippen LogP contribution in [0, 0.1) is 0 Å². The lowest BCUT2D eigenvalue weighted by Crippen LogP contribution is -2.44. The molecule has 1 unspecified atom stereocenters. The van der Waals surface area contributed by atoms with E-state index in [2.05, 4.69) is 14.9 Å². The molecule has 2 fully saturated rings. The Balaban J connectivity index is 1.72. The second kappa shape index (κ2) is 7.83. The van der Waals surface area contributed by atoms with Gasteiger partial charge in [-0.05, 0) is 31.9 Å². The number of hydrogen-bond acceptors (Lipinski definition) is 7. The minimum Gasteiger partial charge on any atom is -0.377 e. The Kier molecular flexibility index (Phi) is 5.13. The highest BCUT2D eigenvalue weighted by Gasteiger charge is 2.35. The van der Waals surface area contributed by atoms with Crippen molar-refractivity contribution >= 4 is 26.7 Å². The number of rotatable bonds is 4. The Morgan fingerprint density at radius 2 is 2.06 bits per heavy atom. The van der Waals surface area contributed by atoms with E-state index in [1.54, 1.807) is 16.7 Å². The average molecular weight is 446 g/mol. The van der Waals surface area contributed by atoms with Gasteiger partial charge in [0.1, 0.15) is 23.6 Å². The Morgan fingerprint density at radius 3 is 2.81 bits per heavy atom. The predicted octanol–water partition coefficient (Wildman–Crippen LogP) is 2.76. The number of halogens is 1. The first-order valence-corrected chi connectivity index (χ1v) is 12.2. The summed E-state index contributed by atoms with van der Waals surface area (Å²) in [6.45, 7) is 3.00. The van der Waals surface area contributed by atoms with Gasteiger partial charge in [0.2, 0.25) is 5.95 Å². The van der Waals surface area contributed by atoms with E-state index in [0.29, 0.717) is 55.1 Å². The van der Waals surface area contributed by atoms with Crippen molar-refractivity contribution < 1.29 is 17.5 Å². The van der Waals surface area contributed by atoms with Crippen molar-refractivity contribution in [3.8, 4) is 5.95 Å². The van der Waals surface area contributed by atoms with Crippen LogP contribution in [0.2, 0.25) is 0 Å². The largest absolute Gasteiger partial charge is 0.377 e. The van der Waals surface area contributed by atoms with Gasteiger partial charge in [0.15, 0.2) is 9.84 Å². The number of fused-ring (bicyclic) bond motifs is 1. The topological polar surface area (TPSA) is 90.2 Å². The third kappa shape index (κ3) is 3.57. The van der Waals surface area contributed by atoms with E-state index in [0.717, 1.165) is 0 Å². The lowest BCUT2D eigenvalue weighted by atomic mass is 10.2. The maximum Gasteiger partial charge on any atom is 0.237 e. The molecule has 2 atom stereocenters. The molecule has 164 valence electrons. The highest BCUT2D eigenvalue weighted by Crippen LogP contribution is 2.36. The van der Waals surface area contributed by atoms with E-state index in [1.807, 2.05) is 25.1 Å². The van der Waals surface area contributed by atoms with Crippen molar-refractivity contribution in [1.82, 2.24) is 19.5 Å². The molecule has 0 saturated carbocycles. The summed E-state index contributed by atoms with van der Waals surface area (Å²) in [5.74, 6) is 1.22. The van der Waals surface area contributed by atoms with Gasteiger partial charge in [-0.25, -0.2) is 22.8 Å². The normalized spacial score (nSPS) is 23.5. The van der Waals surface area contributed by atoms with Gasteiger partial charge in [-0.15, -0.1) is 0 Å². The summed E-state index contributed by atoms with van der Waals surface area (Å²) in [7, 11) is -3.28. The molecule has 3 aromatic rings. The van der Waals surface area contributed by atoms with E-state index in [-0.39, 0.29) is 23.6 Å². The standard InChI is InChI=1S/C21H24FN5O3S/c1-14-13-30-9-8-26(14)19-11-16(18-7-4-10-31(18,28)29)24-21(25-19)27-17-6-3-2-5-15(17)23-20(27)12-22/h2-3,5-6,11,14,18H,4,7-10,12-13H2,1H3/t14-,18?/m1/s1. The van der Waals surface area contributed by atoms with E-state index in [4.69, 9.17) is 9.72 Å². The number of alkyl halides is 1. The van der Waals surface area contributed by atoms with Crippen LogP contribution >= 0.6 is 0 Å². The van der Waals surface area contributed by atoms with Crippen molar-refractivity contribution in [3.05, 3.63) is 41.9 Å². The van der Waals surface area contributed by atoms with Crippen molar-refractivity contribution in [1.29, 1.82) is 0 Å². The lowest BCUT2D eigenvalue weighted by Gasteiger charge is -2.34. The summed E-state index contributed by atoms with van der Waals surface area (Å²) in [4.78, 5) is 15.9. The Bertz CT molecular complexity index is 1230. The summed E-state index contributed by atoms with van der Waals surface area (Å²) in [6.07, 6.45) is 1.14. The van der Waals surface area contributed by atoms with Crippen molar-refractivity contribution in [2.45, 2.75) is 37.7 Å². The Morgan fingerprint density at radius 1 is 1.23 bits per heavy atom. The summed E-state index contributed by atoms with van der Waals surface area (Å²) >= 11 is 0. The van der Waals surface area contributed by atoms with Crippen LogP contribution in [-0.4, -0.2) is 59.5 Å². The number of para-hydroxylation sites is 2. The molecule has 31 heavy (non-hydrogen) atoms. The fourth-order valence-electron chi connectivity index (χ4n) is 4.43.